The number of nitrogens with zero attached hydrogens (tertiary/aromatic N) is 2. The molecule has 1 aliphatic heterocycles. The summed E-state index contributed by atoms with van der Waals surface area (Å²) in [5.74, 6) is -0.271. The molecule has 0 N–H and O–H groups in total. The van der Waals surface area contributed by atoms with Gasteiger partial charge in [-0.15, -0.1) is 0 Å². The zero-order valence-electron chi connectivity index (χ0n) is 11.2. The molecule has 0 fully saturated rings. The van der Waals surface area contributed by atoms with Crippen LogP contribution >= 0.6 is 0 Å². The van der Waals surface area contributed by atoms with Crippen LogP contribution in [0.15, 0.2) is 24.3 Å². The van der Waals surface area contributed by atoms with E-state index in [4.69, 9.17) is 0 Å². The molecule has 0 aliphatic carbocycles. The highest BCUT2D eigenvalue weighted by atomic mass is 32.2. The third kappa shape index (κ3) is 2.96. The van der Waals surface area contributed by atoms with Crippen molar-refractivity contribution < 1.29 is 13.2 Å². The molecule has 1 heterocycles. The number of amides is 1. The summed E-state index contributed by atoms with van der Waals surface area (Å²) in [6.45, 7) is 0.639. The lowest BCUT2D eigenvalue weighted by Gasteiger charge is -2.18. The quantitative estimate of drug-likeness (QED) is 0.823. The normalized spacial score (nSPS) is 14.8. The lowest BCUT2D eigenvalue weighted by atomic mass is 10.2. The molecule has 0 aromatic heterocycles. The highest BCUT2D eigenvalue weighted by Crippen LogP contribution is 2.27. The number of carbonyl (C=O) groups is 1. The molecule has 0 unspecified atom stereocenters. The lowest BCUT2D eigenvalue weighted by Crippen LogP contribution is -2.33. The smallest absolute Gasteiger partial charge is 0.228 e. The van der Waals surface area contributed by atoms with Crippen molar-refractivity contribution in [2.45, 2.75) is 12.8 Å². The molecule has 0 saturated heterocycles. The highest BCUT2D eigenvalue weighted by Gasteiger charge is 2.25. The van der Waals surface area contributed by atoms with Crippen molar-refractivity contribution in [1.29, 1.82) is 0 Å². The van der Waals surface area contributed by atoms with E-state index in [-0.39, 0.29) is 18.1 Å². The number of rotatable bonds is 4. The van der Waals surface area contributed by atoms with Crippen molar-refractivity contribution in [3.05, 3.63) is 29.8 Å². The predicted molar refractivity (Wildman–Crippen MR) is 74.6 cm³/mol. The fraction of sp³-hybridized carbons (Fsp3) is 0.462. The SMILES string of the molecule is CN(C)S(=O)(=O)CCC(=O)N1CCc2ccccc21. The van der Waals surface area contributed by atoms with Gasteiger partial charge in [0.1, 0.15) is 0 Å². The molecule has 0 atom stereocenters. The van der Waals surface area contributed by atoms with Gasteiger partial charge in [0.2, 0.25) is 15.9 Å². The van der Waals surface area contributed by atoms with Crippen molar-refractivity contribution >= 4 is 21.6 Å². The second kappa shape index (κ2) is 5.30. The monoisotopic (exact) mass is 282 g/mol. The number of hydrogen-bond acceptors (Lipinski definition) is 3. The topological polar surface area (TPSA) is 57.7 Å². The maximum Gasteiger partial charge on any atom is 0.228 e. The molecule has 0 saturated carbocycles. The largest absolute Gasteiger partial charge is 0.312 e. The van der Waals surface area contributed by atoms with E-state index < -0.39 is 10.0 Å². The molecule has 5 nitrogen and oxygen atoms in total. The number of benzene rings is 1. The summed E-state index contributed by atoms with van der Waals surface area (Å²) in [6.07, 6.45) is 0.858. The average Bonchev–Trinajstić information content (AvgIpc) is 2.79. The van der Waals surface area contributed by atoms with E-state index in [1.807, 2.05) is 24.3 Å². The molecular weight excluding hydrogens is 264 g/mol. The Morgan fingerprint density at radius 2 is 2.00 bits per heavy atom. The van der Waals surface area contributed by atoms with Gasteiger partial charge in [-0.3, -0.25) is 4.79 Å². The maximum atomic E-state index is 12.1. The third-order valence-electron chi connectivity index (χ3n) is 3.32. The van der Waals surface area contributed by atoms with E-state index >= 15 is 0 Å². The van der Waals surface area contributed by atoms with Crippen LogP contribution < -0.4 is 4.90 Å². The minimum Gasteiger partial charge on any atom is -0.312 e. The van der Waals surface area contributed by atoms with Crippen LogP contribution in [-0.4, -0.2) is 45.0 Å². The summed E-state index contributed by atoms with van der Waals surface area (Å²) >= 11 is 0. The second-order valence-electron chi connectivity index (χ2n) is 4.77. The van der Waals surface area contributed by atoms with Crippen LogP contribution in [0.4, 0.5) is 5.69 Å². The van der Waals surface area contributed by atoms with E-state index in [1.54, 1.807) is 4.90 Å². The van der Waals surface area contributed by atoms with Gasteiger partial charge < -0.3 is 4.90 Å². The first-order valence-corrected chi connectivity index (χ1v) is 7.81. The van der Waals surface area contributed by atoms with Crippen molar-refractivity contribution in [2.24, 2.45) is 0 Å². The Balaban J connectivity index is 2.03. The molecule has 19 heavy (non-hydrogen) atoms. The molecule has 0 radical (unpaired) electrons. The molecule has 1 aromatic rings. The Morgan fingerprint density at radius 1 is 1.32 bits per heavy atom. The summed E-state index contributed by atoms with van der Waals surface area (Å²) in [6, 6.07) is 7.74. The summed E-state index contributed by atoms with van der Waals surface area (Å²) in [5, 5.41) is 0. The number of fused-ring (bicyclic) bond motifs is 1. The number of anilines is 1. The van der Waals surface area contributed by atoms with Gasteiger partial charge in [0.25, 0.3) is 0 Å². The van der Waals surface area contributed by atoms with Gasteiger partial charge in [0, 0.05) is 32.7 Å². The van der Waals surface area contributed by atoms with Gasteiger partial charge in [0.15, 0.2) is 0 Å². The van der Waals surface area contributed by atoms with Gasteiger partial charge in [-0.05, 0) is 18.1 Å². The van der Waals surface area contributed by atoms with E-state index in [2.05, 4.69) is 0 Å². The van der Waals surface area contributed by atoms with E-state index in [9.17, 15) is 13.2 Å². The van der Waals surface area contributed by atoms with E-state index in [1.165, 1.54) is 14.1 Å². The van der Waals surface area contributed by atoms with Gasteiger partial charge in [-0.2, -0.15) is 0 Å². The van der Waals surface area contributed by atoms with Crippen LogP contribution in [0.5, 0.6) is 0 Å². The van der Waals surface area contributed by atoms with Gasteiger partial charge in [-0.25, -0.2) is 12.7 Å². The molecule has 1 aliphatic rings. The maximum absolute atomic E-state index is 12.1. The summed E-state index contributed by atoms with van der Waals surface area (Å²) < 4.78 is 24.5. The van der Waals surface area contributed by atoms with Crippen LogP contribution in [0.3, 0.4) is 0 Å². The first kappa shape index (κ1) is 14.0. The standard InChI is InChI=1S/C13H18N2O3S/c1-14(2)19(17,18)10-8-13(16)15-9-7-11-5-3-4-6-12(11)15/h3-6H,7-10H2,1-2H3. The van der Waals surface area contributed by atoms with Gasteiger partial charge in [0.05, 0.1) is 5.75 Å². The fourth-order valence-electron chi connectivity index (χ4n) is 2.13. The molecule has 1 amide bonds. The summed E-state index contributed by atoms with van der Waals surface area (Å²) in [5.41, 5.74) is 2.06. The first-order chi connectivity index (χ1) is 8.92. The van der Waals surface area contributed by atoms with Gasteiger partial charge in [-0.1, -0.05) is 18.2 Å². The number of sulfonamides is 1. The Bertz CT molecular complexity index is 581. The molecule has 2 rings (SSSR count). The third-order valence-corrected chi connectivity index (χ3v) is 5.15. The lowest BCUT2D eigenvalue weighted by molar-refractivity contribution is -0.118. The first-order valence-electron chi connectivity index (χ1n) is 6.20. The van der Waals surface area contributed by atoms with Crippen LogP contribution in [0.2, 0.25) is 0 Å². The number of hydrogen-bond donors (Lipinski definition) is 0. The Labute approximate surface area is 113 Å². The molecular formula is C13H18N2O3S. The Hall–Kier alpha value is -1.40. The van der Waals surface area contributed by atoms with Crippen molar-refractivity contribution in [3.63, 3.8) is 0 Å². The van der Waals surface area contributed by atoms with Crippen molar-refractivity contribution in [1.82, 2.24) is 4.31 Å². The zero-order chi connectivity index (χ0) is 14.0. The molecule has 0 spiro atoms. The summed E-state index contributed by atoms with van der Waals surface area (Å²) in [4.78, 5) is 13.8. The fourth-order valence-corrected chi connectivity index (χ4v) is 2.93. The van der Waals surface area contributed by atoms with Crippen LogP contribution in [0.25, 0.3) is 0 Å². The van der Waals surface area contributed by atoms with Gasteiger partial charge >= 0.3 is 0 Å². The van der Waals surface area contributed by atoms with Crippen LogP contribution in [0.1, 0.15) is 12.0 Å². The molecule has 6 heteroatoms. The van der Waals surface area contributed by atoms with Crippen molar-refractivity contribution in [3.8, 4) is 0 Å². The predicted octanol–water partition coefficient (Wildman–Crippen LogP) is 0.857. The second-order valence-corrected chi connectivity index (χ2v) is 7.07. The Morgan fingerprint density at radius 3 is 2.68 bits per heavy atom. The molecule has 104 valence electrons. The summed E-state index contributed by atoms with van der Waals surface area (Å²) in [7, 11) is -0.360. The molecule has 1 aromatic carbocycles. The number of para-hydroxylation sites is 1. The van der Waals surface area contributed by atoms with Crippen LogP contribution in [0, 0.1) is 0 Å². The highest BCUT2D eigenvalue weighted by molar-refractivity contribution is 7.89. The van der Waals surface area contributed by atoms with E-state index in [0.717, 1.165) is 22.0 Å². The van der Waals surface area contributed by atoms with Crippen LogP contribution in [-0.2, 0) is 21.2 Å². The van der Waals surface area contributed by atoms with E-state index in [0.29, 0.717) is 6.54 Å². The minimum absolute atomic E-state index is 0.0227. The minimum atomic E-state index is -3.31. The van der Waals surface area contributed by atoms with Crippen molar-refractivity contribution in [2.75, 3.05) is 31.3 Å². The average molecular weight is 282 g/mol. The zero-order valence-corrected chi connectivity index (χ0v) is 12.0. The number of carbonyl (C=O) groups excluding carboxylic acids is 1. The molecule has 0 bridgehead atoms. The Kier molecular flexibility index (Phi) is 3.91.